The van der Waals surface area contributed by atoms with Crippen LogP contribution in [0.3, 0.4) is 0 Å². The van der Waals surface area contributed by atoms with Crippen molar-refractivity contribution in [1.29, 1.82) is 0 Å². The fourth-order valence-electron chi connectivity index (χ4n) is 1.68. The topological polar surface area (TPSA) is 88.2 Å². The zero-order chi connectivity index (χ0) is 13.9. The Morgan fingerprint density at radius 1 is 1.50 bits per heavy atom. The lowest BCUT2D eigenvalue weighted by Crippen LogP contribution is -2.42. The van der Waals surface area contributed by atoms with Crippen LogP contribution in [-0.4, -0.2) is 39.7 Å². The molecule has 0 heterocycles. The molecule has 0 bridgehead atoms. The number of carbonyl (C=O) groups is 1. The first-order valence-electron chi connectivity index (χ1n) is 6.02. The van der Waals surface area contributed by atoms with Gasteiger partial charge in [0.2, 0.25) is 5.28 Å². The smallest absolute Gasteiger partial charge is 0.306 e. The molecule has 0 radical (unpaired) electrons. The largest absolute Gasteiger partial charge is 0.569 e. The van der Waals surface area contributed by atoms with Crippen molar-refractivity contribution in [3.05, 3.63) is 5.21 Å². The first kappa shape index (κ1) is 14.5. The minimum Gasteiger partial charge on any atom is -0.569 e. The summed E-state index contributed by atoms with van der Waals surface area (Å²) in [7, 11) is 1.62. The molecular formula is C11H21N3O4. The predicted octanol–water partition coefficient (Wildman–Crippen LogP) is 1.78. The van der Waals surface area contributed by atoms with Gasteiger partial charge < -0.3 is 15.2 Å². The number of hydrazine groups is 1. The molecule has 1 rings (SSSR count). The van der Waals surface area contributed by atoms with Crippen molar-refractivity contribution >= 4 is 5.97 Å². The quantitative estimate of drug-likeness (QED) is 0.472. The summed E-state index contributed by atoms with van der Waals surface area (Å²) in [5.41, 5.74) is -0.353. The van der Waals surface area contributed by atoms with Crippen LogP contribution in [0.1, 0.15) is 40.0 Å². The van der Waals surface area contributed by atoms with Gasteiger partial charge >= 0.3 is 5.97 Å². The highest BCUT2D eigenvalue weighted by atomic mass is 16.7. The lowest BCUT2D eigenvalue weighted by atomic mass is 10.1. The second-order valence-corrected chi connectivity index (χ2v) is 5.60. The van der Waals surface area contributed by atoms with Crippen molar-refractivity contribution in [3.8, 4) is 0 Å². The van der Waals surface area contributed by atoms with Crippen LogP contribution in [0.15, 0.2) is 5.28 Å². The maximum absolute atomic E-state index is 11.6. The van der Waals surface area contributed by atoms with E-state index < -0.39 is 5.97 Å². The molecule has 1 N–H and O–H groups in total. The van der Waals surface area contributed by atoms with Crippen LogP contribution in [-0.2, 0) is 9.63 Å². The molecule has 0 amide bonds. The first-order valence-corrected chi connectivity index (χ1v) is 6.02. The average Bonchev–Trinajstić information content (AvgIpc) is 2.72. The Labute approximate surface area is 107 Å². The Hall–Kier alpha value is -1.53. The highest BCUT2D eigenvalue weighted by Gasteiger charge is 2.32. The number of nitrogens with zero attached hydrogens (tertiary/aromatic N) is 3. The summed E-state index contributed by atoms with van der Waals surface area (Å²) >= 11 is 0. The van der Waals surface area contributed by atoms with Crippen molar-refractivity contribution in [2.24, 2.45) is 11.2 Å². The van der Waals surface area contributed by atoms with E-state index in [2.05, 4.69) is 5.28 Å². The fraction of sp³-hybridized carbons (Fsp3) is 0.909. The van der Waals surface area contributed by atoms with E-state index >= 15 is 0 Å². The third kappa shape index (κ3) is 3.75. The van der Waals surface area contributed by atoms with E-state index in [0.29, 0.717) is 24.2 Å². The maximum Gasteiger partial charge on any atom is 0.306 e. The predicted molar refractivity (Wildman–Crippen MR) is 63.4 cm³/mol. The number of aliphatic carboxylic acids is 1. The lowest BCUT2D eigenvalue weighted by Gasteiger charge is -2.26. The van der Waals surface area contributed by atoms with E-state index in [1.807, 2.05) is 20.8 Å². The summed E-state index contributed by atoms with van der Waals surface area (Å²) in [6, 6.07) is 0. The van der Waals surface area contributed by atoms with Crippen molar-refractivity contribution in [2.75, 3.05) is 7.05 Å². The van der Waals surface area contributed by atoms with Crippen LogP contribution in [0.5, 0.6) is 0 Å². The van der Waals surface area contributed by atoms with Gasteiger partial charge in [-0.05, 0) is 33.6 Å². The molecule has 0 spiro atoms. The van der Waals surface area contributed by atoms with E-state index in [1.165, 1.54) is 5.01 Å². The molecule has 0 aromatic heterocycles. The molecule has 0 aromatic rings. The Morgan fingerprint density at radius 3 is 2.56 bits per heavy atom. The second kappa shape index (κ2) is 5.41. The third-order valence-electron chi connectivity index (χ3n) is 3.23. The van der Waals surface area contributed by atoms with E-state index in [0.717, 1.165) is 0 Å². The number of rotatable bonds is 4. The fourth-order valence-corrected chi connectivity index (χ4v) is 1.68. The van der Waals surface area contributed by atoms with E-state index in [1.54, 1.807) is 7.05 Å². The molecule has 1 saturated carbocycles. The molecule has 18 heavy (non-hydrogen) atoms. The molecule has 0 unspecified atom stereocenters. The van der Waals surface area contributed by atoms with Crippen molar-refractivity contribution in [2.45, 2.75) is 51.7 Å². The van der Waals surface area contributed by atoms with Gasteiger partial charge in [0.05, 0.1) is 23.5 Å². The van der Waals surface area contributed by atoms with Crippen LogP contribution < -0.4 is 0 Å². The highest BCUT2D eigenvalue weighted by Crippen LogP contribution is 2.28. The van der Waals surface area contributed by atoms with Gasteiger partial charge in [-0.1, -0.05) is 0 Å². The van der Waals surface area contributed by atoms with Crippen LogP contribution in [0.4, 0.5) is 0 Å². The normalized spacial score (nSPS) is 25.0. The standard InChI is InChI=1S/C11H21N3O4/c1-11(2,3)13(4)14(17)12-18-9-6-5-8(7-9)10(15)16/h8-9H,5-7H2,1-4H3,(H,15,16)/b14-12-/t8-,9-/m1/s1. The van der Waals surface area contributed by atoms with Crippen molar-refractivity contribution in [1.82, 2.24) is 5.01 Å². The van der Waals surface area contributed by atoms with Crippen LogP contribution in [0, 0.1) is 11.1 Å². The average molecular weight is 259 g/mol. The molecule has 1 fully saturated rings. The zero-order valence-corrected chi connectivity index (χ0v) is 11.3. The maximum atomic E-state index is 11.6. The molecule has 0 saturated heterocycles. The van der Waals surface area contributed by atoms with Crippen LogP contribution in [0.25, 0.3) is 0 Å². The van der Waals surface area contributed by atoms with Gasteiger partial charge in [0.25, 0.3) is 0 Å². The summed E-state index contributed by atoms with van der Waals surface area (Å²) in [4.78, 5) is 16.3. The Balaban J connectivity index is 2.48. The molecule has 2 atom stereocenters. The molecule has 7 heteroatoms. The van der Waals surface area contributed by atoms with Crippen LogP contribution in [0.2, 0.25) is 0 Å². The molecule has 104 valence electrons. The molecular weight excluding hydrogens is 238 g/mol. The highest BCUT2D eigenvalue weighted by molar-refractivity contribution is 5.70. The van der Waals surface area contributed by atoms with E-state index in [4.69, 9.17) is 9.94 Å². The van der Waals surface area contributed by atoms with Gasteiger partial charge in [0, 0.05) is 6.42 Å². The third-order valence-corrected chi connectivity index (χ3v) is 3.23. The summed E-state index contributed by atoms with van der Waals surface area (Å²) in [5, 5.41) is 25.3. The Morgan fingerprint density at radius 2 is 2.11 bits per heavy atom. The molecule has 7 nitrogen and oxygen atoms in total. The minimum atomic E-state index is -0.813. The molecule has 1 aliphatic rings. The van der Waals surface area contributed by atoms with Gasteiger partial charge in [-0.3, -0.25) is 4.79 Å². The number of hydrogen-bond acceptors (Lipinski definition) is 4. The minimum absolute atomic E-state index is 0.282. The summed E-state index contributed by atoms with van der Waals surface area (Å²) in [6.45, 7) is 5.64. The van der Waals surface area contributed by atoms with Gasteiger partial charge in [-0.2, -0.15) is 0 Å². The Bertz CT molecular complexity index is 338. The van der Waals surface area contributed by atoms with Crippen molar-refractivity contribution < 1.29 is 19.7 Å². The molecule has 1 aliphatic carbocycles. The Kier molecular flexibility index (Phi) is 4.37. The van der Waals surface area contributed by atoms with Crippen LogP contribution >= 0.6 is 0 Å². The van der Waals surface area contributed by atoms with Gasteiger partial charge in [-0.15, -0.1) is 5.01 Å². The van der Waals surface area contributed by atoms with Gasteiger partial charge in [0.15, 0.2) is 0 Å². The van der Waals surface area contributed by atoms with Gasteiger partial charge in [-0.25, -0.2) is 0 Å². The summed E-state index contributed by atoms with van der Waals surface area (Å²) in [6.07, 6.45) is 1.32. The second-order valence-electron chi connectivity index (χ2n) is 5.60. The summed E-state index contributed by atoms with van der Waals surface area (Å²) < 4.78 is 0. The SMILES string of the molecule is CN(/[N+]([O-])=N/O[C@@H]1CC[C@@H](C(=O)O)C1)C(C)(C)C. The molecule has 0 aromatic carbocycles. The van der Waals surface area contributed by atoms with Gasteiger partial charge in [0.1, 0.15) is 6.10 Å². The monoisotopic (exact) mass is 259 g/mol. The van der Waals surface area contributed by atoms with Crippen molar-refractivity contribution in [3.63, 3.8) is 0 Å². The number of carboxylic acids is 1. The van der Waals surface area contributed by atoms with E-state index in [-0.39, 0.29) is 17.6 Å². The molecule has 0 aliphatic heterocycles. The summed E-state index contributed by atoms with van der Waals surface area (Å²) in [5.74, 6) is -1.20. The number of hydrogen-bond donors (Lipinski definition) is 1. The zero-order valence-electron chi connectivity index (χ0n) is 11.3. The number of carboxylic acid groups (broad SMARTS) is 1. The lowest BCUT2D eigenvalue weighted by molar-refractivity contribution is -0.720. The first-order chi connectivity index (χ1) is 8.21. The van der Waals surface area contributed by atoms with E-state index in [9.17, 15) is 10.0 Å².